The quantitative estimate of drug-likeness (QED) is 0.501. The van der Waals surface area contributed by atoms with Crippen molar-refractivity contribution in [2.45, 2.75) is 58.3 Å². The second-order valence-electron chi connectivity index (χ2n) is 8.03. The normalized spacial score (nSPS) is 19.5. The minimum absolute atomic E-state index is 0.272. The topological polar surface area (TPSA) is 0 Å². The number of halogens is 1. The lowest BCUT2D eigenvalue weighted by molar-refractivity contribution is 0.332. The molecule has 1 aliphatic rings. The molecule has 0 amide bonds. The minimum atomic E-state index is 0.272. The fourth-order valence-corrected chi connectivity index (χ4v) is 4.95. The van der Waals surface area contributed by atoms with Crippen LogP contribution in [0.2, 0.25) is 0 Å². The first kappa shape index (κ1) is 17.0. The van der Waals surface area contributed by atoms with Gasteiger partial charge in [-0.25, -0.2) is 0 Å². The molecule has 0 radical (unpaired) electrons. The van der Waals surface area contributed by atoms with Crippen LogP contribution < -0.4 is 0 Å². The summed E-state index contributed by atoms with van der Waals surface area (Å²) in [7, 11) is 0. The van der Waals surface area contributed by atoms with Gasteiger partial charge in [0.1, 0.15) is 0 Å². The number of thiophene rings is 1. The zero-order valence-corrected chi connectivity index (χ0v) is 17.1. The van der Waals surface area contributed by atoms with Crippen molar-refractivity contribution in [2.75, 3.05) is 0 Å². The molecule has 0 saturated heterocycles. The fourth-order valence-electron chi connectivity index (χ4n) is 3.54. The van der Waals surface area contributed by atoms with Gasteiger partial charge in [0.2, 0.25) is 0 Å². The summed E-state index contributed by atoms with van der Waals surface area (Å²) in [5.41, 5.74) is 6.27. The van der Waals surface area contributed by atoms with Gasteiger partial charge >= 0.3 is 0 Å². The van der Waals surface area contributed by atoms with E-state index in [1.807, 2.05) is 0 Å². The number of fused-ring (bicyclic) bond motifs is 1. The lowest BCUT2D eigenvalue weighted by Gasteiger charge is -2.42. The van der Waals surface area contributed by atoms with Gasteiger partial charge in [0, 0.05) is 14.7 Å². The molecule has 0 spiro atoms. The van der Waals surface area contributed by atoms with Gasteiger partial charge in [0.05, 0.1) is 0 Å². The Morgan fingerprint density at radius 1 is 1.04 bits per heavy atom. The molecule has 0 bridgehead atoms. The Hall–Kier alpha value is -0.860. The minimum Gasteiger partial charge on any atom is -0.143 e. The van der Waals surface area contributed by atoms with Gasteiger partial charge in [0.25, 0.3) is 0 Å². The van der Waals surface area contributed by atoms with E-state index >= 15 is 0 Å². The Morgan fingerprint density at radius 2 is 1.70 bits per heavy atom. The maximum absolute atomic E-state index is 3.55. The molecule has 0 aliphatic heterocycles. The van der Waals surface area contributed by atoms with Crippen molar-refractivity contribution in [3.05, 3.63) is 55.7 Å². The SMILES string of the molecule is CC(=Cc1ccc2c(c1)C(C)(C)CCC2(C)C)c1cc(Br)cs1. The third-order valence-electron chi connectivity index (χ3n) is 5.22. The number of hydrogen-bond acceptors (Lipinski definition) is 1. The van der Waals surface area contributed by atoms with E-state index in [0.717, 1.165) is 0 Å². The van der Waals surface area contributed by atoms with Crippen molar-refractivity contribution < 1.29 is 0 Å². The highest BCUT2D eigenvalue weighted by Gasteiger charge is 2.36. The first-order chi connectivity index (χ1) is 10.7. The average molecular weight is 389 g/mol. The van der Waals surface area contributed by atoms with E-state index in [9.17, 15) is 0 Å². The predicted molar refractivity (Wildman–Crippen MR) is 107 cm³/mol. The summed E-state index contributed by atoms with van der Waals surface area (Å²) in [6.45, 7) is 11.7. The Morgan fingerprint density at radius 3 is 2.30 bits per heavy atom. The lowest BCUT2D eigenvalue weighted by atomic mass is 9.63. The molecule has 122 valence electrons. The number of allylic oxidation sites excluding steroid dienone is 1. The first-order valence-electron chi connectivity index (χ1n) is 8.27. The molecule has 2 aromatic rings. The molecule has 0 nitrogen and oxygen atoms in total. The van der Waals surface area contributed by atoms with E-state index in [0.29, 0.717) is 5.41 Å². The van der Waals surface area contributed by atoms with Gasteiger partial charge in [-0.3, -0.25) is 0 Å². The van der Waals surface area contributed by atoms with Crippen LogP contribution in [0.4, 0.5) is 0 Å². The summed E-state index contributed by atoms with van der Waals surface area (Å²) >= 11 is 5.34. The molecule has 3 rings (SSSR count). The van der Waals surface area contributed by atoms with Gasteiger partial charge in [-0.2, -0.15) is 0 Å². The summed E-state index contributed by atoms with van der Waals surface area (Å²) in [4.78, 5) is 1.33. The van der Waals surface area contributed by atoms with E-state index < -0.39 is 0 Å². The van der Waals surface area contributed by atoms with Gasteiger partial charge in [-0.15, -0.1) is 11.3 Å². The zero-order valence-electron chi connectivity index (χ0n) is 14.7. The van der Waals surface area contributed by atoms with Gasteiger partial charge in [-0.05, 0) is 74.9 Å². The summed E-state index contributed by atoms with van der Waals surface area (Å²) in [6.07, 6.45) is 4.84. The molecule has 1 heterocycles. The van der Waals surface area contributed by atoms with E-state index in [4.69, 9.17) is 0 Å². The lowest BCUT2D eigenvalue weighted by Crippen LogP contribution is -2.33. The average Bonchev–Trinajstić information content (AvgIpc) is 2.91. The van der Waals surface area contributed by atoms with Crippen molar-refractivity contribution in [1.29, 1.82) is 0 Å². The van der Waals surface area contributed by atoms with Gasteiger partial charge < -0.3 is 0 Å². The molecule has 1 aliphatic carbocycles. The Kier molecular flexibility index (Phi) is 4.35. The molecule has 0 N–H and O–H groups in total. The molecule has 23 heavy (non-hydrogen) atoms. The van der Waals surface area contributed by atoms with Crippen LogP contribution in [0.25, 0.3) is 11.6 Å². The fraction of sp³-hybridized carbons (Fsp3) is 0.429. The number of hydrogen-bond donors (Lipinski definition) is 0. The Balaban J connectivity index is 2.03. The highest BCUT2D eigenvalue weighted by Crippen LogP contribution is 2.46. The largest absolute Gasteiger partial charge is 0.143 e. The summed E-state index contributed by atoms with van der Waals surface area (Å²) in [5, 5.41) is 2.14. The second kappa shape index (κ2) is 5.89. The number of benzene rings is 1. The smallest absolute Gasteiger partial charge is 0.0311 e. The first-order valence-corrected chi connectivity index (χ1v) is 9.94. The zero-order chi connectivity index (χ0) is 16.8. The van der Waals surface area contributed by atoms with Crippen molar-refractivity contribution in [1.82, 2.24) is 0 Å². The van der Waals surface area contributed by atoms with Gasteiger partial charge in [0.15, 0.2) is 0 Å². The standard InChI is InChI=1S/C21H25BrS/c1-14(19-12-16(22)13-23-19)10-15-6-7-17-18(11-15)21(4,5)9-8-20(17,2)3/h6-7,10-13H,8-9H2,1-5H3. The van der Waals surface area contributed by atoms with Crippen molar-refractivity contribution in [3.63, 3.8) is 0 Å². The third-order valence-corrected chi connectivity index (χ3v) is 7.04. The predicted octanol–water partition coefficient (Wildman–Crippen LogP) is 7.42. The maximum atomic E-state index is 3.55. The van der Waals surface area contributed by atoms with E-state index in [2.05, 4.69) is 86.3 Å². The third kappa shape index (κ3) is 3.34. The van der Waals surface area contributed by atoms with Crippen LogP contribution in [-0.4, -0.2) is 0 Å². The van der Waals surface area contributed by atoms with E-state index in [1.54, 1.807) is 11.3 Å². The molecule has 2 heteroatoms. The van der Waals surface area contributed by atoms with Crippen LogP contribution in [0.1, 0.15) is 69.0 Å². The van der Waals surface area contributed by atoms with Crippen LogP contribution in [0.3, 0.4) is 0 Å². The van der Waals surface area contributed by atoms with Crippen LogP contribution >= 0.6 is 27.3 Å². The summed E-state index contributed by atoms with van der Waals surface area (Å²) in [5.74, 6) is 0. The molecule has 1 aromatic carbocycles. The molecule has 1 aromatic heterocycles. The Labute approximate surface area is 152 Å². The summed E-state index contributed by atoms with van der Waals surface area (Å²) < 4.78 is 1.17. The van der Waals surface area contributed by atoms with Crippen molar-refractivity contribution in [3.8, 4) is 0 Å². The van der Waals surface area contributed by atoms with Crippen LogP contribution in [0.5, 0.6) is 0 Å². The van der Waals surface area contributed by atoms with Crippen LogP contribution in [-0.2, 0) is 10.8 Å². The molecular formula is C21H25BrS. The molecule has 0 fully saturated rings. The van der Waals surface area contributed by atoms with E-state index in [1.165, 1.54) is 44.5 Å². The highest BCUT2D eigenvalue weighted by molar-refractivity contribution is 9.10. The Bertz CT molecular complexity index is 762. The maximum Gasteiger partial charge on any atom is 0.0311 e. The number of rotatable bonds is 2. The second-order valence-corrected chi connectivity index (χ2v) is 9.86. The highest BCUT2D eigenvalue weighted by atomic mass is 79.9. The molecule has 0 saturated carbocycles. The molecule has 0 atom stereocenters. The van der Waals surface area contributed by atoms with Crippen molar-refractivity contribution in [2.24, 2.45) is 0 Å². The monoisotopic (exact) mass is 388 g/mol. The molecule has 0 unspecified atom stereocenters. The van der Waals surface area contributed by atoms with Crippen molar-refractivity contribution >= 4 is 38.9 Å². The van der Waals surface area contributed by atoms with E-state index in [-0.39, 0.29) is 5.41 Å². The van der Waals surface area contributed by atoms with Crippen LogP contribution in [0.15, 0.2) is 34.1 Å². The van der Waals surface area contributed by atoms with Crippen LogP contribution in [0, 0.1) is 0 Å². The molecular weight excluding hydrogens is 364 g/mol. The summed E-state index contributed by atoms with van der Waals surface area (Å²) in [6, 6.07) is 9.26. The van der Waals surface area contributed by atoms with Gasteiger partial charge in [-0.1, -0.05) is 52.0 Å².